The first kappa shape index (κ1) is 24.0. The van der Waals surface area contributed by atoms with Crippen molar-refractivity contribution in [2.24, 2.45) is 5.92 Å². The highest BCUT2D eigenvalue weighted by atomic mass is 19.1. The summed E-state index contributed by atoms with van der Waals surface area (Å²) < 4.78 is 19.1. The Labute approximate surface area is 208 Å². The van der Waals surface area contributed by atoms with Gasteiger partial charge < -0.3 is 20.3 Å². The molecule has 1 aliphatic heterocycles. The third kappa shape index (κ3) is 4.36. The van der Waals surface area contributed by atoms with Crippen molar-refractivity contribution >= 4 is 23.8 Å². The molecule has 190 valence electrons. The maximum absolute atomic E-state index is 13.3. The van der Waals surface area contributed by atoms with Crippen LogP contribution >= 0.6 is 0 Å². The van der Waals surface area contributed by atoms with Crippen LogP contribution in [-0.4, -0.2) is 71.4 Å². The van der Waals surface area contributed by atoms with Crippen LogP contribution in [0.2, 0.25) is 0 Å². The number of hydrogen-bond donors (Lipinski definition) is 2. The molecule has 1 aromatic rings. The molecule has 2 fully saturated rings. The minimum atomic E-state index is -0.981. The zero-order chi connectivity index (χ0) is 25.6. The number of ether oxygens (including phenoxy) is 1. The van der Waals surface area contributed by atoms with Crippen molar-refractivity contribution in [3.63, 3.8) is 0 Å². The Bertz CT molecular complexity index is 1180. The lowest BCUT2D eigenvalue weighted by Gasteiger charge is -2.27. The predicted molar refractivity (Wildman–Crippen MR) is 127 cm³/mol. The lowest BCUT2D eigenvalue weighted by molar-refractivity contribution is -0.133. The second-order valence-electron chi connectivity index (χ2n) is 9.96. The van der Waals surface area contributed by atoms with Gasteiger partial charge >= 0.3 is 12.1 Å². The van der Waals surface area contributed by atoms with Crippen molar-refractivity contribution in [3.8, 4) is 0 Å². The molecule has 1 spiro atoms. The van der Waals surface area contributed by atoms with Crippen molar-refractivity contribution in [1.29, 1.82) is 0 Å². The first-order chi connectivity index (χ1) is 17.2. The van der Waals surface area contributed by atoms with E-state index in [1.165, 1.54) is 24.1 Å². The van der Waals surface area contributed by atoms with Gasteiger partial charge in [-0.1, -0.05) is 31.2 Å². The Kier molecular flexibility index (Phi) is 6.05. The quantitative estimate of drug-likeness (QED) is 0.628. The standard InChI is InChI=1S/C26H29FN4O5/c1-15-11-21(15)31(12-16-3-5-17(27)6-4-16)22(32)13-30-14-26(36-25(30)35)10-9-18-19(26)7-8-20(23(18)33)29-24(34)28-2/h3-8,15,20-21H,9-14H2,1-2H3,(H2,28,29,34). The van der Waals surface area contributed by atoms with Crippen LogP contribution in [0.3, 0.4) is 0 Å². The van der Waals surface area contributed by atoms with Crippen LogP contribution in [0.4, 0.5) is 14.0 Å². The number of urea groups is 1. The number of nitrogens with one attached hydrogen (secondary N) is 2. The van der Waals surface area contributed by atoms with Gasteiger partial charge in [-0.2, -0.15) is 0 Å². The molecule has 4 amide bonds. The maximum atomic E-state index is 13.3. The Balaban J connectivity index is 1.28. The van der Waals surface area contributed by atoms with Gasteiger partial charge in [0.15, 0.2) is 11.4 Å². The fourth-order valence-electron chi connectivity index (χ4n) is 5.37. The molecule has 0 bridgehead atoms. The first-order valence-electron chi connectivity index (χ1n) is 12.2. The number of Topliss-reactive ketones (excluding diaryl/α,β-unsaturated/α-hetero) is 1. The summed E-state index contributed by atoms with van der Waals surface area (Å²) in [5.74, 6) is -0.381. The van der Waals surface area contributed by atoms with E-state index in [1.807, 2.05) is 0 Å². The van der Waals surface area contributed by atoms with Gasteiger partial charge in [0.25, 0.3) is 0 Å². The van der Waals surface area contributed by atoms with Gasteiger partial charge in [0.1, 0.15) is 18.4 Å². The molecule has 1 saturated heterocycles. The normalized spacial score (nSPS) is 28.3. The molecular weight excluding hydrogens is 467 g/mol. The van der Waals surface area contributed by atoms with E-state index < -0.39 is 23.8 Å². The minimum absolute atomic E-state index is 0.0829. The van der Waals surface area contributed by atoms with E-state index in [0.29, 0.717) is 36.5 Å². The van der Waals surface area contributed by atoms with Crippen LogP contribution in [-0.2, 0) is 20.9 Å². The summed E-state index contributed by atoms with van der Waals surface area (Å²) in [7, 11) is 1.47. The Hall–Kier alpha value is -3.69. The number of benzene rings is 1. The second kappa shape index (κ2) is 9.07. The molecule has 4 unspecified atom stereocenters. The molecule has 0 radical (unpaired) electrons. The van der Waals surface area contributed by atoms with Crippen molar-refractivity contribution < 1.29 is 28.3 Å². The van der Waals surface area contributed by atoms with Crippen molar-refractivity contribution in [3.05, 3.63) is 58.9 Å². The number of carbonyl (C=O) groups excluding carboxylic acids is 4. The molecule has 1 saturated carbocycles. The topological polar surface area (TPSA) is 108 Å². The SMILES string of the molecule is CNC(=O)NC1C=CC2=C(CCC23CN(CC(=O)N(Cc2ccc(F)cc2)C2CC2C)C(=O)O3)C1=O. The van der Waals surface area contributed by atoms with E-state index in [0.717, 1.165) is 12.0 Å². The highest BCUT2D eigenvalue weighted by Crippen LogP contribution is 2.45. The summed E-state index contributed by atoms with van der Waals surface area (Å²) in [6.07, 6.45) is 4.51. The Morgan fingerprint density at radius 3 is 2.64 bits per heavy atom. The summed E-state index contributed by atoms with van der Waals surface area (Å²) in [5.41, 5.74) is 1.03. The lowest BCUT2D eigenvalue weighted by atomic mass is 9.89. The molecule has 4 aliphatic rings. The molecule has 10 heteroatoms. The highest BCUT2D eigenvalue weighted by molar-refractivity contribution is 6.05. The zero-order valence-electron chi connectivity index (χ0n) is 20.3. The fraction of sp³-hybridized carbons (Fsp3) is 0.462. The van der Waals surface area contributed by atoms with E-state index in [2.05, 4.69) is 17.6 Å². The summed E-state index contributed by atoms with van der Waals surface area (Å²) in [6.45, 7) is 2.45. The minimum Gasteiger partial charge on any atom is -0.436 e. The molecule has 36 heavy (non-hydrogen) atoms. The average Bonchev–Trinajstić information content (AvgIpc) is 3.34. The van der Waals surface area contributed by atoms with Gasteiger partial charge in [-0.15, -0.1) is 0 Å². The monoisotopic (exact) mass is 496 g/mol. The zero-order valence-corrected chi connectivity index (χ0v) is 20.3. The summed E-state index contributed by atoms with van der Waals surface area (Å²) in [6, 6.07) is 4.92. The van der Waals surface area contributed by atoms with Gasteiger partial charge in [-0.05, 0) is 42.9 Å². The van der Waals surface area contributed by atoms with E-state index in [4.69, 9.17) is 4.74 Å². The molecule has 0 aromatic heterocycles. The number of ketones is 1. The Morgan fingerprint density at radius 2 is 1.97 bits per heavy atom. The average molecular weight is 497 g/mol. The number of hydrogen-bond acceptors (Lipinski definition) is 5. The molecule has 2 N–H and O–H groups in total. The third-order valence-electron chi connectivity index (χ3n) is 7.51. The van der Waals surface area contributed by atoms with Gasteiger partial charge in [-0.3, -0.25) is 14.5 Å². The van der Waals surface area contributed by atoms with Crippen LogP contribution in [0.5, 0.6) is 0 Å². The molecular formula is C26H29FN4O5. The molecule has 9 nitrogen and oxygen atoms in total. The van der Waals surface area contributed by atoms with E-state index in [1.54, 1.807) is 29.2 Å². The molecule has 3 aliphatic carbocycles. The van der Waals surface area contributed by atoms with Crippen molar-refractivity contribution in [1.82, 2.24) is 20.4 Å². The highest BCUT2D eigenvalue weighted by Gasteiger charge is 2.54. The lowest BCUT2D eigenvalue weighted by Crippen LogP contribution is -2.46. The van der Waals surface area contributed by atoms with Gasteiger partial charge in [0, 0.05) is 30.8 Å². The summed E-state index contributed by atoms with van der Waals surface area (Å²) >= 11 is 0. The predicted octanol–water partition coefficient (Wildman–Crippen LogP) is 2.28. The molecule has 1 heterocycles. The fourth-order valence-corrected chi connectivity index (χ4v) is 5.37. The summed E-state index contributed by atoms with van der Waals surface area (Å²) in [5, 5.41) is 5.03. The van der Waals surface area contributed by atoms with Crippen LogP contribution in [0.15, 0.2) is 47.6 Å². The summed E-state index contributed by atoms with van der Waals surface area (Å²) in [4.78, 5) is 53.9. The van der Waals surface area contributed by atoms with Gasteiger partial charge in [-0.25, -0.2) is 14.0 Å². The first-order valence-corrected chi connectivity index (χ1v) is 12.2. The number of fused-ring (bicyclic) bond motifs is 1. The number of halogens is 1. The molecule has 5 rings (SSSR count). The number of nitrogens with zero attached hydrogens (tertiary/aromatic N) is 2. The number of amides is 4. The number of rotatable bonds is 6. The smallest absolute Gasteiger partial charge is 0.411 e. The second-order valence-corrected chi connectivity index (χ2v) is 9.96. The van der Waals surface area contributed by atoms with E-state index in [-0.39, 0.29) is 36.6 Å². The van der Waals surface area contributed by atoms with Crippen molar-refractivity contribution in [2.45, 2.75) is 50.4 Å². The third-order valence-corrected chi connectivity index (χ3v) is 7.51. The molecule has 4 atom stereocenters. The van der Waals surface area contributed by atoms with Crippen LogP contribution in [0.1, 0.15) is 31.7 Å². The van der Waals surface area contributed by atoms with Gasteiger partial charge in [0.2, 0.25) is 5.91 Å². The van der Waals surface area contributed by atoms with Gasteiger partial charge in [0.05, 0.1) is 6.54 Å². The van der Waals surface area contributed by atoms with E-state index in [9.17, 15) is 23.6 Å². The van der Waals surface area contributed by atoms with Crippen LogP contribution < -0.4 is 10.6 Å². The van der Waals surface area contributed by atoms with Crippen LogP contribution in [0, 0.1) is 11.7 Å². The van der Waals surface area contributed by atoms with Crippen molar-refractivity contribution in [2.75, 3.05) is 20.1 Å². The van der Waals surface area contributed by atoms with Crippen LogP contribution in [0.25, 0.3) is 0 Å². The number of carbonyl (C=O) groups is 4. The van der Waals surface area contributed by atoms with E-state index >= 15 is 0 Å². The molecule has 1 aromatic carbocycles. The maximum Gasteiger partial charge on any atom is 0.411 e. The largest absolute Gasteiger partial charge is 0.436 e. The Morgan fingerprint density at radius 1 is 1.25 bits per heavy atom.